The monoisotopic (exact) mass is 365 g/mol. The molecule has 130 valence electrons. The normalized spacial score (nSPS) is 34.1. The molecule has 0 heterocycles. The molecule has 0 amide bonds. The Bertz CT molecular complexity index is 723. The lowest BCUT2D eigenvalue weighted by Crippen LogP contribution is -2.60. The lowest BCUT2D eigenvalue weighted by molar-refractivity contribution is -0.00972. The van der Waals surface area contributed by atoms with Gasteiger partial charge in [-0.25, -0.2) is 13.6 Å². The average molecular weight is 366 g/mol. The fraction of sp³-hybridized carbons (Fsp3) is 0.588. The van der Waals surface area contributed by atoms with E-state index in [2.05, 4.69) is 10.6 Å². The highest BCUT2D eigenvalue weighted by atomic mass is 32.2. The van der Waals surface area contributed by atoms with Gasteiger partial charge in [0.15, 0.2) is 5.11 Å². The fourth-order valence-electron chi connectivity index (χ4n) is 5.39. The van der Waals surface area contributed by atoms with Gasteiger partial charge in [0.25, 0.3) is 0 Å². The molecule has 4 aliphatic carbocycles. The van der Waals surface area contributed by atoms with Gasteiger partial charge in [0.1, 0.15) is 0 Å². The van der Waals surface area contributed by atoms with Gasteiger partial charge >= 0.3 is 0 Å². The fourth-order valence-corrected chi connectivity index (χ4v) is 6.24. The smallest absolute Gasteiger partial charge is 0.238 e. The summed E-state index contributed by atoms with van der Waals surface area (Å²) in [4.78, 5) is 0.105. The van der Waals surface area contributed by atoms with E-state index >= 15 is 0 Å². The molecule has 0 aromatic heterocycles. The van der Waals surface area contributed by atoms with Gasteiger partial charge in [0.05, 0.1) is 4.90 Å². The molecule has 1 aromatic rings. The Kier molecular flexibility index (Phi) is 3.85. The Hall–Kier alpha value is -1.18. The number of hydrogen-bond donors (Lipinski definition) is 3. The van der Waals surface area contributed by atoms with E-state index in [0.29, 0.717) is 5.11 Å². The zero-order valence-electron chi connectivity index (χ0n) is 13.5. The second-order valence-corrected chi connectivity index (χ2v) is 9.82. The molecule has 0 aliphatic heterocycles. The van der Waals surface area contributed by atoms with Crippen molar-refractivity contribution in [3.05, 3.63) is 24.3 Å². The predicted octanol–water partition coefficient (Wildman–Crippen LogP) is 2.59. The highest BCUT2D eigenvalue weighted by Crippen LogP contribution is 2.55. The van der Waals surface area contributed by atoms with E-state index in [4.69, 9.17) is 17.4 Å². The molecule has 5 rings (SSSR count). The maximum atomic E-state index is 11.3. The number of benzene rings is 1. The minimum atomic E-state index is -3.66. The van der Waals surface area contributed by atoms with Crippen molar-refractivity contribution in [2.45, 2.75) is 49.0 Å². The molecular weight excluding hydrogens is 342 g/mol. The van der Waals surface area contributed by atoms with Crippen LogP contribution in [0.15, 0.2) is 29.2 Å². The molecule has 0 spiro atoms. The average Bonchev–Trinajstić information content (AvgIpc) is 2.44. The third kappa shape index (κ3) is 3.17. The topological polar surface area (TPSA) is 84.2 Å². The molecule has 0 atom stereocenters. The third-order valence-corrected chi connectivity index (χ3v) is 6.99. The Balaban J connectivity index is 1.42. The van der Waals surface area contributed by atoms with Crippen LogP contribution in [0.25, 0.3) is 0 Å². The van der Waals surface area contributed by atoms with Crippen LogP contribution in [0, 0.1) is 17.8 Å². The molecule has 4 saturated carbocycles. The molecule has 4 bridgehead atoms. The maximum Gasteiger partial charge on any atom is 0.238 e. The number of anilines is 1. The van der Waals surface area contributed by atoms with Crippen LogP contribution < -0.4 is 15.8 Å². The lowest BCUT2D eigenvalue weighted by Gasteiger charge is -2.57. The van der Waals surface area contributed by atoms with E-state index in [9.17, 15) is 8.42 Å². The van der Waals surface area contributed by atoms with E-state index in [-0.39, 0.29) is 10.4 Å². The van der Waals surface area contributed by atoms with Crippen LogP contribution in [-0.4, -0.2) is 19.1 Å². The van der Waals surface area contributed by atoms with Crippen molar-refractivity contribution in [2.24, 2.45) is 22.9 Å². The van der Waals surface area contributed by atoms with E-state index in [0.717, 1.165) is 23.4 Å². The van der Waals surface area contributed by atoms with Gasteiger partial charge in [-0.3, -0.25) is 0 Å². The number of nitrogens with two attached hydrogens (primary N) is 1. The molecule has 24 heavy (non-hydrogen) atoms. The van der Waals surface area contributed by atoms with Crippen molar-refractivity contribution in [1.82, 2.24) is 5.32 Å². The largest absolute Gasteiger partial charge is 0.357 e. The van der Waals surface area contributed by atoms with E-state index in [1.807, 2.05) is 0 Å². The number of nitrogens with one attached hydrogen (secondary N) is 2. The number of sulfonamides is 1. The first-order valence-electron chi connectivity index (χ1n) is 8.53. The number of hydrogen-bond acceptors (Lipinski definition) is 3. The SMILES string of the molecule is NS(=O)(=O)c1ccc(NC(=S)NC23CC4CC(CC(C4)C2)C3)cc1. The molecule has 4 N–H and O–H groups in total. The third-order valence-electron chi connectivity index (χ3n) is 5.86. The first-order valence-corrected chi connectivity index (χ1v) is 10.5. The molecule has 0 saturated heterocycles. The van der Waals surface area contributed by atoms with Crippen molar-refractivity contribution in [1.29, 1.82) is 0 Å². The number of primary sulfonamides is 1. The van der Waals surface area contributed by atoms with Crippen LogP contribution in [0.2, 0.25) is 0 Å². The Morgan fingerprint density at radius 2 is 1.54 bits per heavy atom. The zero-order valence-corrected chi connectivity index (χ0v) is 15.1. The van der Waals surface area contributed by atoms with Gasteiger partial charge in [-0.1, -0.05) is 0 Å². The van der Waals surface area contributed by atoms with E-state index in [1.165, 1.54) is 50.7 Å². The standard InChI is InChI=1S/C17H23N3O2S2/c18-24(21,22)15-3-1-14(2-4-15)19-16(23)20-17-8-11-5-12(9-17)7-13(6-11)10-17/h1-4,11-13H,5-10H2,(H2,18,21,22)(H2,19,20,23). The Morgan fingerprint density at radius 3 is 2.00 bits per heavy atom. The summed E-state index contributed by atoms with van der Waals surface area (Å²) in [6.07, 6.45) is 7.88. The van der Waals surface area contributed by atoms with Gasteiger partial charge in [-0.05, 0) is 92.8 Å². The molecule has 4 fully saturated rings. The molecule has 0 unspecified atom stereocenters. The number of rotatable bonds is 3. The van der Waals surface area contributed by atoms with Gasteiger partial charge < -0.3 is 10.6 Å². The quantitative estimate of drug-likeness (QED) is 0.717. The highest BCUT2D eigenvalue weighted by Gasteiger charge is 2.51. The summed E-state index contributed by atoms with van der Waals surface area (Å²) < 4.78 is 22.6. The lowest BCUT2D eigenvalue weighted by atomic mass is 9.53. The first kappa shape index (κ1) is 16.3. The summed E-state index contributed by atoms with van der Waals surface area (Å²) in [7, 11) is -3.66. The van der Waals surface area contributed by atoms with Gasteiger partial charge in [-0.15, -0.1) is 0 Å². The Morgan fingerprint density at radius 1 is 1.04 bits per heavy atom. The minimum Gasteiger partial charge on any atom is -0.357 e. The molecular formula is C17H23N3O2S2. The molecule has 5 nitrogen and oxygen atoms in total. The second kappa shape index (κ2) is 5.68. The minimum absolute atomic E-state index is 0.105. The summed E-state index contributed by atoms with van der Waals surface area (Å²) in [5.74, 6) is 2.58. The van der Waals surface area contributed by atoms with Gasteiger partial charge in [-0.2, -0.15) is 0 Å². The van der Waals surface area contributed by atoms with Crippen molar-refractivity contribution in [2.75, 3.05) is 5.32 Å². The van der Waals surface area contributed by atoms with Crippen LogP contribution in [0.3, 0.4) is 0 Å². The first-order chi connectivity index (χ1) is 11.3. The van der Waals surface area contributed by atoms with Crippen LogP contribution >= 0.6 is 12.2 Å². The number of thiocarbonyl (C=S) groups is 1. The summed E-state index contributed by atoms with van der Waals surface area (Å²) >= 11 is 5.51. The molecule has 0 radical (unpaired) electrons. The molecule has 1 aromatic carbocycles. The van der Waals surface area contributed by atoms with Crippen LogP contribution in [0.5, 0.6) is 0 Å². The summed E-state index contributed by atoms with van der Waals surface area (Å²) in [6.45, 7) is 0. The van der Waals surface area contributed by atoms with Gasteiger partial charge in [0.2, 0.25) is 10.0 Å². The van der Waals surface area contributed by atoms with Gasteiger partial charge in [0, 0.05) is 11.2 Å². The van der Waals surface area contributed by atoms with E-state index < -0.39 is 10.0 Å². The zero-order chi connectivity index (χ0) is 16.9. The van der Waals surface area contributed by atoms with Crippen LogP contribution in [-0.2, 0) is 10.0 Å². The maximum absolute atomic E-state index is 11.3. The van der Waals surface area contributed by atoms with E-state index in [1.54, 1.807) is 12.1 Å². The van der Waals surface area contributed by atoms with Crippen molar-refractivity contribution < 1.29 is 8.42 Å². The molecule has 7 heteroatoms. The summed E-state index contributed by atoms with van der Waals surface area (Å²) in [6, 6.07) is 6.36. The predicted molar refractivity (Wildman–Crippen MR) is 98.1 cm³/mol. The molecule has 4 aliphatic rings. The summed E-state index contributed by atoms with van der Waals surface area (Å²) in [5.41, 5.74) is 0.934. The van der Waals surface area contributed by atoms with Crippen LogP contribution in [0.4, 0.5) is 5.69 Å². The highest BCUT2D eigenvalue weighted by molar-refractivity contribution is 7.89. The second-order valence-electron chi connectivity index (χ2n) is 7.85. The van der Waals surface area contributed by atoms with Crippen LogP contribution in [0.1, 0.15) is 38.5 Å². The summed E-state index contributed by atoms with van der Waals surface area (Å²) in [5, 5.41) is 12.5. The van der Waals surface area contributed by atoms with Crippen molar-refractivity contribution in [3.63, 3.8) is 0 Å². The Labute approximate surface area is 148 Å². The van der Waals surface area contributed by atoms with Crippen molar-refractivity contribution >= 4 is 33.0 Å². The van der Waals surface area contributed by atoms with Crippen molar-refractivity contribution in [3.8, 4) is 0 Å².